The van der Waals surface area contributed by atoms with E-state index in [-0.39, 0.29) is 37.5 Å². The van der Waals surface area contributed by atoms with Crippen LogP contribution in [0.3, 0.4) is 0 Å². The third kappa shape index (κ3) is 43.8. The normalized spacial score (nSPS) is 12.7. The fourth-order valence-corrected chi connectivity index (χ4v) is 6.24. The summed E-state index contributed by atoms with van der Waals surface area (Å²) >= 11 is 0. The van der Waals surface area contributed by atoms with E-state index in [1.807, 2.05) is 0 Å². The molecule has 0 aromatic carbocycles. The maximum absolute atomic E-state index is 12.7. The van der Waals surface area contributed by atoms with Crippen molar-refractivity contribution in [2.24, 2.45) is 0 Å². The minimum absolute atomic E-state index is 0.102. The van der Waals surface area contributed by atoms with Crippen LogP contribution in [0.25, 0.3) is 0 Å². The Bertz CT molecular complexity index is 1100. The summed E-state index contributed by atoms with van der Waals surface area (Å²) in [5.74, 6) is -0.980. The molecule has 326 valence electrons. The van der Waals surface area contributed by atoms with Crippen LogP contribution in [0, 0.1) is 0 Å². The number of ether oxygens (including phenoxy) is 3. The highest BCUT2D eigenvalue weighted by molar-refractivity contribution is 5.71. The van der Waals surface area contributed by atoms with E-state index in [9.17, 15) is 14.4 Å². The van der Waals surface area contributed by atoms with Crippen LogP contribution in [-0.2, 0) is 28.6 Å². The fraction of sp³-hybridized carbons (Fsp3) is 0.706. The molecule has 0 spiro atoms. The van der Waals surface area contributed by atoms with Gasteiger partial charge in [-0.2, -0.15) is 0 Å². The SMILES string of the molecule is CC/C=C\C/C=C\C/C=C\CCCCCCC(=O)OCC(COC(=O)CCC/C=C\C/C=C\C/C=C\CC)OC(=O)CCCCCCCCCCCCCCCC. The summed E-state index contributed by atoms with van der Waals surface area (Å²) < 4.78 is 16.7. The van der Waals surface area contributed by atoms with E-state index in [4.69, 9.17) is 14.2 Å². The van der Waals surface area contributed by atoms with Gasteiger partial charge in [0, 0.05) is 19.3 Å². The third-order valence-corrected chi connectivity index (χ3v) is 9.71. The van der Waals surface area contributed by atoms with Crippen molar-refractivity contribution in [1.82, 2.24) is 0 Å². The molecule has 0 N–H and O–H groups in total. The molecular formula is C51H86O6. The Morgan fingerprint density at radius 2 is 0.702 bits per heavy atom. The van der Waals surface area contributed by atoms with E-state index in [0.29, 0.717) is 19.3 Å². The molecule has 6 heteroatoms. The van der Waals surface area contributed by atoms with Gasteiger partial charge < -0.3 is 14.2 Å². The van der Waals surface area contributed by atoms with Crippen molar-refractivity contribution in [2.75, 3.05) is 13.2 Å². The summed E-state index contributed by atoms with van der Waals surface area (Å²) in [5, 5.41) is 0. The molecule has 1 atom stereocenters. The Kier molecular flexibility index (Phi) is 43.0. The zero-order valence-corrected chi connectivity index (χ0v) is 37.1. The van der Waals surface area contributed by atoms with E-state index in [1.54, 1.807) is 0 Å². The average molecular weight is 795 g/mol. The predicted octanol–water partition coefficient (Wildman–Crippen LogP) is 15.1. The lowest BCUT2D eigenvalue weighted by Crippen LogP contribution is -2.30. The van der Waals surface area contributed by atoms with Crippen LogP contribution in [0.1, 0.15) is 213 Å². The Balaban J connectivity index is 4.46. The first kappa shape index (κ1) is 53.9. The van der Waals surface area contributed by atoms with Gasteiger partial charge in [-0.3, -0.25) is 14.4 Å². The molecule has 0 rings (SSSR count). The molecule has 0 amide bonds. The molecule has 0 aromatic rings. The first-order valence-corrected chi connectivity index (χ1v) is 23.4. The van der Waals surface area contributed by atoms with Gasteiger partial charge in [-0.05, 0) is 77.0 Å². The molecule has 0 radical (unpaired) electrons. The molecule has 0 fully saturated rings. The first-order valence-electron chi connectivity index (χ1n) is 23.4. The third-order valence-electron chi connectivity index (χ3n) is 9.71. The topological polar surface area (TPSA) is 78.9 Å². The summed E-state index contributed by atoms with van der Waals surface area (Å²) in [7, 11) is 0. The van der Waals surface area contributed by atoms with Crippen LogP contribution in [0.4, 0.5) is 0 Å². The Hall–Kier alpha value is -3.15. The monoisotopic (exact) mass is 795 g/mol. The minimum Gasteiger partial charge on any atom is -0.462 e. The summed E-state index contributed by atoms with van der Waals surface area (Å²) in [6, 6.07) is 0. The van der Waals surface area contributed by atoms with Crippen LogP contribution in [0.2, 0.25) is 0 Å². The van der Waals surface area contributed by atoms with Crippen LogP contribution >= 0.6 is 0 Å². The van der Waals surface area contributed by atoms with Gasteiger partial charge >= 0.3 is 17.9 Å². The van der Waals surface area contributed by atoms with Gasteiger partial charge in [0.1, 0.15) is 13.2 Å². The number of carbonyl (C=O) groups is 3. The molecule has 0 aliphatic carbocycles. The van der Waals surface area contributed by atoms with Crippen LogP contribution in [-0.4, -0.2) is 37.2 Å². The molecule has 0 aliphatic heterocycles. The first-order chi connectivity index (χ1) is 28.0. The van der Waals surface area contributed by atoms with E-state index in [1.165, 1.54) is 70.6 Å². The van der Waals surface area contributed by atoms with Crippen LogP contribution in [0.15, 0.2) is 72.9 Å². The molecule has 57 heavy (non-hydrogen) atoms. The average Bonchev–Trinajstić information content (AvgIpc) is 3.21. The molecule has 0 heterocycles. The molecule has 0 aromatic heterocycles. The quantitative estimate of drug-likeness (QED) is 0.0265. The molecule has 6 nitrogen and oxygen atoms in total. The Labute approximate surface area is 351 Å². The highest BCUT2D eigenvalue weighted by Crippen LogP contribution is 2.14. The van der Waals surface area contributed by atoms with Crippen molar-refractivity contribution in [3.8, 4) is 0 Å². The second-order valence-corrected chi connectivity index (χ2v) is 15.3. The van der Waals surface area contributed by atoms with Gasteiger partial charge in [0.15, 0.2) is 6.10 Å². The molecule has 0 aliphatic rings. The van der Waals surface area contributed by atoms with Crippen molar-refractivity contribution >= 4 is 17.9 Å². The van der Waals surface area contributed by atoms with E-state index in [2.05, 4.69) is 93.7 Å². The molecule has 1 unspecified atom stereocenters. The lowest BCUT2D eigenvalue weighted by atomic mass is 10.0. The van der Waals surface area contributed by atoms with E-state index >= 15 is 0 Å². The number of allylic oxidation sites excluding steroid dienone is 12. The lowest BCUT2D eigenvalue weighted by molar-refractivity contribution is -0.167. The lowest BCUT2D eigenvalue weighted by Gasteiger charge is -2.18. The molecule has 0 saturated heterocycles. The number of rotatable bonds is 41. The second kappa shape index (κ2) is 45.6. The zero-order valence-electron chi connectivity index (χ0n) is 37.1. The number of hydrogen-bond donors (Lipinski definition) is 0. The number of unbranched alkanes of at least 4 members (excludes halogenated alkanes) is 18. The van der Waals surface area contributed by atoms with Crippen LogP contribution < -0.4 is 0 Å². The summed E-state index contributed by atoms with van der Waals surface area (Å²) in [6.45, 7) is 6.33. The second-order valence-electron chi connectivity index (χ2n) is 15.3. The van der Waals surface area contributed by atoms with Crippen molar-refractivity contribution < 1.29 is 28.6 Å². The summed E-state index contributed by atoms with van der Waals surface area (Å²) in [6.07, 6.45) is 56.1. The summed E-state index contributed by atoms with van der Waals surface area (Å²) in [4.78, 5) is 37.8. The maximum Gasteiger partial charge on any atom is 0.306 e. The standard InChI is InChI=1S/C51H86O6/c1-4-7-10-13-16-19-22-24-26-29-32-35-38-41-44-50(53)56-47-48(46-55-49(52)43-40-37-34-31-28-21-18-15-12-9-6-3)57-51(54)45-42-39-36-33-30-27-25-23-20-17-14-11-8-5-2/h7,9-10,12,16,18-19,21,24,26,31,34,48H,4-6,8,11,13-15,17,20,22-23,25,27-30,32-33,35-47H2,1-3H3/b10-7-,12-9-,19-16-,21-18-,26-24-,34-31-. The summed E-state index contributed by atoms with van der Waals surface area (Å²) in [5.41, 5.74) is 0. The Morgan fingerprint density at radius 1 is 0.368 bits per heavy atom. The van der Waals surface area contributed by atoms with Gasteiger partial charge in [0.25, 0.3) is 0 Å². The predicted molar refractivity (Wildman–Crippen MR) is 242 cm³/mol. The van der Waals surface area contributed by atoms with Gasteiger partial charge in [-0.1, -0.05) is 190 Å². The fourth-order valence-electron chi connectivity index (χ4n) is 6.24. The number of esters is 3. The van der Waals surface area contributed by atoms with Crippen LogP contribution in [0.5, 0.6) is 0 Å². The zero-order chi connectivity index (χ0) is 41.5. The van der Waals surface area contributed by atoms with E-state index < -0.39 is 6.10 Å². The van der Waals surface area contributed by atoms with Crippen molar-refractivity contribution in [3.05, 3.63) is 72.9 Å². The van der Waals surface area contributed by atoms with Gasteiger partial charge in [-0.15, -0.1) is 0 Å². The Morgan fingerprint density at radius 3 is 1.14 bits per heavy atom. The number of hydrogen-bond acceptors (Lipinski definition) is 6. The van der Waals surface area contributed by atoms with Crippen molar-refractivity contribution in [2.45, 2.75) is 219 Å². The van der Waals surface area contributed by atoms with Crippen molar-refractivity contribution in [1.29, 1.82) is 0 Å². The maximum atomic E-state index is 12.7. The highest BCUT2D eigenvalue weighted by Gasteiger charge is 2.19. The van der Waals surface area contributed by atoms with Crippen molar-refractivity contribution in [3.63, 3.8) is 0 Å². The molecule has 0 saturated carbocycles. The smallest absolute Gasteiger partial charge is 0.306 e. The minimum atomic E-state index is -0.801. The molecular weight excluding hydrogens is 709 g/mol. The molecule has 0 bridgehead atoms. The largest absolute Gasteiger partial charge is 0.462 e. The highest BCUT2D eigenvalue weighted by atomic mass is 16.6. The van der Waals surface area contributed by atoms with Gasteiger partial charge in [0.05, 0.1) is 0 Å². The number of carbonyl (C=O) groups excluding carboxylic acids is 3. The van der Waals surface area contributed by atoms with Gasteiger partial charge in [-0.25, -0.2) is 0 Å². The van der Waals surface area contributed by atoms with E-state index in [0.717, 1.165) is 96.3 Å². The van der Waals surface area contributed by atoms with Gasteiger partial charge in [0.2, 0.25) is 0 Å².